The molecule has 0 aliphatic heterocycles. The van der Waals surface area contributed by atoms with E-state index in [2.05, 4.69) is 20.9 Å². The summed E-state index contributed by atoms with van der Waals surface area (Å²) in [5.74, 6) is 0.231. The highest BCUT2D eigenvalue weighted by molar-refractivity contribution is 7.91. The number of urea groups is 1. The van der Waals surface area contributed by atoms with Crippen LogP contribution in [-0.4, -0.2) is 74.5 Å². The van der Waals surface area contributed by atoms with Crippen LogP contribution < -0.4 is 30.2 Å². The van der Waals surface area contributed by atoms with Crippen molar-refractivity contribution in [2.75, 3.05) is 55.4 Å². The minimum Gasteiger partial charge on any atom is -0.612 e. The summed E-state index contributed by atoms with van der Waals surface area (Å²) in [5.41, 5.74) is 1.87. The molecular formula is C39H42N4O10S2. The number of nitrogens with zero attached hydrogens (tertiary/aromatic N) is 1. The Morgan fingerprint density at radius 1 is 0.891 bits per heavy atom. The van der Waals surface area contributed by atoms with Gasteiger partial charge >= 0.3 is 12.0 Å². The van der Waals surface area contributed by atoms with E-state index in [1.54, 1.807) is 36.6 Å². The number of hydrogen-bond acceptors (Lipinski definition) is 11. The van der Waals surface area contributed by atoms with Gasteiger partial charge in [0.1, 0.15) is 35.9 Å². The number of carbonyl (C=O) groups excluding carboxylic acids is 1. The van der Waals surface area contributed by atoms with Crippen molar-refractivity contribution in [3.05, 3.63) is 90.6 Å². The number of nitrogens with one attached hydrogen (secondary N) is 3. The monoisotopic (exact) mass is 790 g/mol. The first-order chi connectivity index (χ1) is 26.1. The molecule has 0 bridgehead atoms. The van der Waals surface area contributed by atoms with Gasteiger partial charge in [-0.2, -0.15) is 0 Å². The molecule has 0 saturated carbocycles. The zero-order valence-electron chi connectivity index (χ0n) is 31.1. The maximum atomic E-state index is 13.4. The van der Waals surface area contributed by atoms with E-state index in [-0.39, 0.29) is 22.7 Å². The molecule has 1 heterocycles. The van der Waals surface area contributed by atoms with E-state index in [4.69, 9.17) is 24.1 Å². The van der Waals surface area contributed by atoms with Gasteiger partial charge in [0, 0.05) is 40.9 Å². The van der Waals surface area contributed by atoms with Crippen LogP contribution in [0, 0.1) is 0 Å². The largest absolute Gasteiger partial charge is 0.612 e. The van der Waals surface area contributed by atoms with Crippen molar-refractivity contribution in [3.8, 4) is 23.0 Å². The first-order valence-electron chi connectivity index (χ1n) is 16.9. The second-order valence-electron chi connectivity index (χ2n) is 13.3. The molecule has 1 atom stereocenters. The second-order valence-corrected chi connectivity index (χ2v) is 16.7. The molecule has 0 spiro atoms. The Balaban J connectivity index is 1.35. The number of benzene rings is 4. The Morgan fingerprint density at radius 2 is 1.62 bits per heavy atom. The summed E-state index contributed by atoms with van der Waals surface area (Å²) < 4.78 is 60.7. The van der Waals surface area contributed by atoms with Crippen LogP contribution in [0.3, 0.4) is 0 Å². The number of carbonyl (C=O) groups is 2. The third kappa shape index (κ3) is 10.4. The highest BCUT2D eigenvalue weighted by Gasteiger charge is 2.25. The lowest BCUT2D eigenvalue weighted by Crippen LogP contribution is -2.22. The summed E-state index contributed by atoms with van der Waals surface area (Å²) >= 11 is -1.37. The molecule has 4 N–H and O–H groups in total. The van der Waals surface area contributed by atoms with E-state index in [1.165, 1.54) is 32.5 Å². The number of rotatable bonds is 15. The first-order valence-corrected chi connectivity index (χ1v) is 20.1. The van der Waals surface area contributed by atoms with E-state index >= 15 is 0 Å². The average Bonchev–Trinajstić information content (AvgIpc) is 3.13. The lowest BCUT2D eigenvalue weighted by atomic mass is 9.86. The van der Waals surface area contributed by atoms with Gasteiger partial charge in [0.2, 0.25) is 0 Å². The Labute approximate surface area is 322 Å². The van der Waals surface area contributed by atoms with Crippen molar-refractivity contribution >= 4 is 66.7 Å². The van der Waals surface area contributed by atoms with Crippen molar-refractivity contribution in [1.82, 2.24) is 4.98 Å². The number of anilines is 4. The maximum absolute atomic E-state index is 13.4. The fraction of sp³-hybridized carbons (Fsp3) is 0.256. The maximum Gasteiger partial charge on any atom is 0.329 e. The predicted molar refractivity (Wildman–Crippen MR) is 212 cm³/mol. The van der Waals surface area contributed by atoms with E-state index < -0.39 is 45.4 Å². The molecule has 0 fully saturated rings. The summed E-state index contributed by atoms with van der Waals surface area (Å²) in [7, 11) is -0.973. The van der Waals surface area contributed by atoms with Gasteiger partial charge in [-0.15, -0.1) is 0 Å². The van der Waals surface area contributed by atoms with Gasteiger partial charge in [-0.05, 0) is 58.6 Å². The fourth-order valence-electron chi connectivity index (χ4n) is 5.50. The summed E-state index contributed by atoms with van der Waals surface area (Å²) in [6, 6.07) is 21.7. The summed E-state index contributed by atoms with van der Waals surface area (Å²) in [6.45, 7) is 5.19. The topological polar surface area (TPSA) is 197 Å². The summed E-state index contributed by atoms with van der Waals surface area (Å²) in [4.78, 5) is 28.9. The highest BCUT2D eigenvalue weighted by atomic mass is 32.2. The van der Waals surface area contributed by atoms with E-state index in [1.807, 2.05) is 57.2 Å². The number of fused-ring (bicyclic) bond motifs is 1. The lowest BCUT2D eigenvalue weighted by molar-refractivity contribution is -0.142. The molecule has 0 aliphatic rings. The molecule has 290 valence electrons. The van der Waals surface area contributed by atoms with Crippen LogP contribution in [0.2, 0.25) is 0 Å². The number of pyridine rings is 1. The molecule has 5 rings (SSSR count). The number of carboxylic acids is 1. The van der Waals surface area contributed by atoms with Gasteiger partial charge in [-0.1, -0.05) is 45.0 Å². The van der Waals surface area contributed by atoms with Crippen molar-refractivity contribution in [2.24, 2.45) is 0 Å². The summed E-state index contributed by atoms with van der Waals surface area (Å²) in [6.07, 6.45) is 3.09. The van der Waals surface area contributed by atoms with Crippen LogP contribution in [0.25, 0.3) is 10.8 Å². The van der Waals surface area contributed by atoms with E-state index in [9.17, 15) is 22.6 Å². The van der Waals surface area contributed by atoms with Crippen molar-refractivity contribution in [3.63, 3.8) is 0 Å². The second kappa shape index (κ2) is 17.3. The third-order valence-electron chi connectivity index (χ3n) is 8.24. The van der Waals surface area contributed by atoms with E-state index in [0.717, 1.165) is 5.56 Å². The average molecular weight is 791 g/mol. The zero-order valence-corrected chi connectivity index (χ0v) is 32.7. The number of aliphatic carboxylic acids is 1. The van der Waals surface area contributed by atoms with Crippen molar-refractivity contribution < 1.29 is 46.6 Å². The molecule has 0 saturated heterocycles. The first kappa shape index (κ1) is 40.6. The van der Waals surface area contributed by atoms with E-state index in [0.29, 0.717) is 55.8 Å². The quantitative estimate of drug-likeness (QED) is 0.0609. The molecule has 1 aromatic heterocycles. The number of aromatic nitrogens is 1. The number of carboxylic acid groups (broad SMARTS) is 1. The standard InChI is InChI=1S/C39H42N4O10S2/c1-39(2,3)24-17-32(37(51-5)34(18-24)54(6)47)43-38(46)42-31-11-12-33(30-10-8-7-9-29(30)31)53-26-13-14-40-35(22-26)41-25-19-27(50-4)21-28(20-25)55(48,49)16-15-52-23-36(44)45/h7-14,17-22H,15-16,23H2,1-6H3,(H,40,41)(H,44,45)(H2,42,43,46). The highest BCUT2D eigenvalue weighted by Crippen LogP contribution is 2.39. The minimum atomic E-state index is -3.85. The fourth-order valence-corrected chi connectivity index (χ4v) is 7.43. The molecule has 0 radical (unpaired) electrons. The molecule has 0 aliphatic carbocycles. The smallest absolute Gasteiger partial charge is 0.329 e. The van der Waals surface area contributed by atoms with Gasteiger partial charge in [0.25, 0.3) is 0 Å². The summed E-state index contributed by atoms with van der Waals surface area (Å²) in [5, 5.41) is 19.0. The van der Waals surface area contributed by atoms with Crippen molar-refractivity contribution in [1.29, 1.82) is 0 Å². The predicted octanol–water partition coefficient (Wildman–Crippen LogP) is 7.34. The molecule has 16 heteroatoms. The normalized spacial score (nSPS) is 12.1. The van der Waals surface area contributed by atoms with Gasteiger partial charge in [-0.25, -0.2) is 23.0 Å². The lowest BCUT2D eigenvalue weighted by Gasteiger charge is -2.23. The Bertz CT molecular complexity index is 2310. The van der Waals surface area contributed by atoms with Crippen LogP contribution in [0.4, 0.5) is 27.7 Å². The third-order valence-corrected chi connectivity index (χ3v) is 10.8. The van der Waals surface area contributed by atoms with Crippen LogP contribution in [0.5, 0.6) is 23.0 Å². The number of methoxy groups -OCH3 is 2. The molecule has 14 nitrogen and oxygen atoms in total. The molecule has 4 aromatic carbocycles. The zero-order chi connectivity index (χ0) is 39.9. The molecular weight excluding hydrogens is 749 g/mol. The minimum absolute atomic E-state index is 0.0470. The van der Waals surface area contributed by atoms with Crippen LogP contribution >= 0.6 is 0 Å². The van der Waals surface area contributed by atoms with Gasteiger partial charge in [0.05, 0.1) is 42.8 Å². The molecule has 2 amide bonds. The Hall–Kier alpha value is -5.55. The SMILES string of the molecule is COc1cc(Nc2cc(Oc3ccc(NC(=O)Nc4cc(C(C)(C)C)cc([S+](C)[O-])c4OC)c4ccccc34)ccn2)cc(S(=O)(=O)CCOCC(=O)O)c1. The van der Waals surface area contributed by atoms with Gasteiger partial charge in [0.15, 0.2) is 20.5 Å². The number of sulfone groups is 1. The van der Waals surface area contributed by atoms with Crippen LogP contribution in [0.1, 0.15) is 26.3 Å². The number of hydrogen-bond donors (Lipinski definition) is 4. The Morgan fingerprint density at radius 3 is 2.29 bits per heavy atom. The number of amides is 2. The van der Waals surface area contributed by atoms with Crippen LogP contribution in [-0.2, 0) is 36.0 Å². The molecule has 5 aromatic rings. The van der Waals surface area contributed by atoms with Crippen LogP contribution in [0.15, 0.2) is 94.9 Å². The van der Waals surface area contributed by atoms with Crippen molar-refractivity contribution in [2.45, 2.75) is 36.0 Å². The van der Waals surface area contributed by atoms with Gasteiger partial charge in [-0.3, -0.25) is 0 Å². The Kier molecular flexibility index (Phi) is 12.8. The molecule has 55 heavy (non-hydrogen) atoms. The van der Waals surface area contributed by atoms with Gasteiger partial charge < -0.3 is 44.6 Å². The number of ether oxygens (including phenoxy) is 4. The molecule has 1 unspecified atom stereocenters.